The summed E-state index contributed by atoms with van der Waals surface area (Å²) in [6, 6.07) is 14.4. The van der Waals surface area contributed by atoms with Gasteiger partial charge in [0.25, 0.3) is 0 Å². The Kier molecular flexibility index (Phi) is 7.00. The Hall–Kier alpha value is -2.71. The molecule has 1 heterocycles. The van der Waals surface area contributed by atoms with Crippen molar-refractivity contribution in [1.82, 2.24) is 14.8 Å². The van der Waals surface area contributed by atoms with E-state index in [2.05, 4.69) is 15.5 Å². The molecule has 152 valence electrons. The molecule has 2 aromatic carbocycles. The third-order valence-electron chi connectivity index (χ3n) is 4.15. The number of anilines is 1. The number of halogens is 1. The molecule has 0 unspecified atom stereocenters. The fourth-order valence-electron chi connectivity index (χ4n) is 2.77. The number of nitrogens with zero attached hydrogens (tertiary/aromatic N) is 2. The van der Waals surface area contributed by atoms with Crippen LogP contribution in [-0.2, 0) is 11.3 Å². The largest absolute Gasteiger partial charge is 0.495 e. The minimum absolute atomic E-state index is 0.249. The first-order chi connectivity index (χ1) is 14.0. The van der Waals surface area contributed by atoms with Crippen molar-refractivity contribution < 1.29 is 9.53 Å². The summed E-state index contributed by atoms with van der Waals surface area (Å²) in [4.78, 5) is 25.1. The van der Waals surface area contributed by atoms with Crippen molar-refractivity contribution in [3.8, 4) is 5.75 Å². The van der Waals surface area contributed by atoms with Crippen molar-refractivity contribution in [2.24, 2.45) is 0 Å². The van der Waals surface area contributed by atoms with Gasteiger partial charge in [-0.15, -0.1) is 5.10 Å². The van der Waals surface area contributed by atoms with Crippen LogP contribution in [0.15, 0.2) is 58.5 Å². The van der Waals surface area contributed by atoms with Crippen LogP contribution in [0.5, 0.6) is 5.75 Å². The van der Waals surface area contributed by atoms with E-state index in [4.69, 9.17) is 16.3 Å². The van der Waals surface area contributed by atoms with E-state index >= 15 is 0 Å². The second-order valence-corrected chi connectivity index (χ2v) is 7.69. The van der Waals surface area contributed by atoms with Gasteiger partial charge in [-0.05, 0) is 30.2 Å². The van der Waals surface area contributed by atoms with E-state index < -0.39 is 5.25 Å². The van der Waals surface area contributed by atoms with Gasteiger partial charge < -0.3 is 10.1 Å². The van der Waals surface area contributed by atoms with Crippen LogP contribution in [0.4, 0.5) is 5.69 Å². The van der Waals surface area contributed by atoms with Crippen molar-refractivity contribution in [2.45, 2.75) is 30.3 Å². The quantitative estimate of drug-likeness (QED) is 0.523. The zero-order valence-corrected chi connectivity index (χ0v) is 17.6. The molecule has 0 radical (unpaired) electrons. The Labute approximate surface area is 177 Å². The molecule has 3 aromatic rings. The molecule has 0 aliphatic heterocycles. The number of carbonyl (C=O) groups excluding carboxylic acids is 1. The van der Waals surface area contributed by atoms with Gasteiger partial charge in [-0.1, -0.05) is 60.6 Å². The van der Waals surface area contributed by atoms with Crippen LogP contribution in [0.1, 0.15) is 24.2 Å². The Morgan fingerprint density at radius 2 is 2.07 bits per heavy atom. The summed E-state index contributed by atoms with van der Waals surface area (Å²) in [7, 11) is 1.53. The fourth-order valence-corrected chi connectivity index (χ4v) is 4.10. The van der Waals surface area contributed by atoms with Crippen LogP contribution in [0.25, 0.3) is 0 Å². The van der Waals surface area contributed by atoms with Crippen LogP contribution in [0.3, 0.4) is 0 Å². The lowest BCUT2D eigenvalue weighted by Crippen LogP contribution is -2.21. The molecule has 2 N–H and O–H groups in total. The Balaban J connectivity index is 1.89. The van der Waals surface area contributed by atoms with Crippen molar-refractivity contribution >= 4 is 35.0 Å². The summed E-state index contributed by atoms with van der Waals surface area (Å²) in [5, 5.41) is 9.70. The Morgan fingerprint density at radius 1 is 1.31 bits per heavy atom. The van der Waals surface area contributed by atoms with Gasteiger partial charge in [0.1, 0.15) is 11.0 Å². The summed E-state index contributed by atoms with van der Waals surface area (Å²) in [5.41, 5.74) is 1.06. The highest BCUT2D eigenvalue weighted by atomic mass is 35.5. The summed E-state index contributed by atoms with van der Waals surface area (Å²) in [5.74, 6) is 0.277. The van der Waals surface area contributed by atoms with Gasteiger partial charge in [0.15, 0.2) is 5.16 Å². The topological polar surface area (TPSA) is 89.0 Å². The van der Waals surface area contributed by atoms with Crippen molar-refractivity contribution in [1.29, 1.82) is 0 Å². The van der Waals surface area contributed by atoms with E-state index in [9.17, 15) is 9.59 Å². The third-order valence-corrected chi connectivity index (χ3v) is 5.69. The normalized spacial score (nSPS) is 11.8. The molecule has 1 amide bonds. The van der Waals surface area contributed by atoms with Crippen molar-refractivity contribution in [3.05, 3.63) is 69.6 Å². The van der Waals surface area contributed by atoms with E-state index in [0.717, 1.165) is 12.0 Å². The number of thioether (sulfide) groups is 1. The predicted molar refractivity (Wildman–Crippen MR) is 115 cm³/mol. The number of nitrogens with one attached hydrogen (secondary N) is 2. The zero-order valence-electron chi connectivity index (χ0n) is 16.0. The number of rotatable bonds is 8. The Morgan fingerprint density at radius 3 is 2.72 bits per heavy atom. The first-order valence-corrected chi connectivity index (χ1v) is 10.3. The molecular weight excluding hydrogens is 412 g/mol. The number of benzene rings is 2. The molecule has 0 aliphatic rings. The number of hydrogen-bond acceptors (Lipinski definition) is 5. The minimum atomic E-state index is -0.608. The second kappa shape index (κ2) is 9.67. The average Bonchev–Trinajstić information content (AvgIpc) is 3.06. The highest BCUT2D eigenvalue weighted by Crippen LogP contribution is 2.35. The van der Waals surface area contributed by atoms with E-state index in [1.54, 1.807) is 18.2 Å². The summed E-state index contributed by atoms with van der Waals surface area (Å²) < 4.78 is 6.69. The number of aromatic nitrogens is 3. The lowest BCUT2D eigenvalue weighted by molar-refractivity contribution is -0.115. The molecule has 1 atom stereocenters. The van der Waals surface area contributed by atoms with Crippen molar-refractivity contribution in [2.75, 3.05) is 12.4 Å². The molecule has 7 nitrogen and oxygen atoms in total. The molecule has 29 heavy (non-hydrogen) atoms. The zero-order chi connectivity index (χ0) is 20.8. The SMILES string of the molecule is CCCn1c(S[C@H](C(=O)Nc2ccc(OC)c(Cl)c2)c2ccccc2)n[nH]c1=O. The molecule has 0 spiro atoms. The highest BCUT2D eigenvalue weighted by Gasteiger charge is 2.25. The lowest BCUT2D eigenvalue weighted by atomic mass is 10.1. The molecule has 0 bridgehead atoms. The van der Waals surface area contributed by atoms with Crippen LogP contribution in [0.2, 0.25) is 5.02 Å². The first-order valence-electron chi connectivity index (χ1n) is 9.04. The lowest BCUT2D eigenvalue weighted by Gasteiger charge is -2.17. The predicted octanol–water partition coefficient (Wildman–Crippen LogP) is 4.12. The summed E-state index contributed by atoms with van der Waals surface area (Å²) >= 11 is 7.38. The molecule has 9 heteroatoms. The maximum Gasteiger partial charge on any atom is 0.343 e. The number of ether oxygens (including phenoxy) is 1. The molecular formula is C20H21ClN4O3S. The summed E-state index contributed by atoms with van der Waals surface area (Å²) in [6.45, 7) is 2.50. The molecule has 0 fully saturated rings. The summed E-state index contributed by atoms with van der Waals surface area (Å²) in [6.07, 6.45) is 0.777. The van der Waals surface area contributed by atoms with E-state index in [-0.39, 0.29) is 11.6 Å². The molecule has 0 saturated heterocycles. The van der Waals surface area contributed by atoms with Gasteiger partial charge in [-0.2, -0.15) is 0 Å². The van der Waals surface area contributed by atoms with Gasteiger partial charge >= 0.3 is 5.69 Å². The maximum atomic E-state index is 13.1. The number of carbonyl (C=O) groups is 1. The van der Waals surface area contributed by atoms with Gasteiger partial charge in [-0.25, -0.2) is 9.89 Å². The van der Waals surface area contributed by atoms with Crippen molar-refractivity contribution in [3.63, 3.8) is 0 Å². The van der Waals surface area contributed by atoms with Crippen LogP contribution < -0.4 is 15.7 Å². The maximum absolute atomic E-state index is 13.1. The monoisotopic (exact) mass is 432 g/mol. The smallest absolute Gasteiger partial charge is 0.343 e. The van der Waals surface area contributed by atoms with Crippen LogP contribution >= 0.6 is 23.4 Å². The fraction of sp³-hybridized carbons (Fsp3) is 0.250. The number of methoxy groups -OCH3 is 1. The van der Waals surface area contributed by atoms with E-state index in [1.165, 1.54) is 23.4 Å². The molecule has 3 rings (SSSR count). The molecule has 1 aromatic heterocycles. The average molecular weight is 433 g/mol. The molecule has 0 aliphatic carbocycles. The number of aromatic amines is 1. The number of amides is 1. The minimum Gasteiger partial charge on any atom is -0.495 e. The highest BCUT2D eigenvalue weighted by molar-refractivity contribution is 8.00. The number of hydrogen-bond donors (Lipinski definition) is 2. The second-order valence-electron chi connectivity index (χ2n) is 6.21. The van der Waals surface area contributed by atoms with Gasteiger partial charge in [-0.3, -0.25) is 9.36 Å². The standard InChI is InChI=1S/C20H21ClN4O3S/c1-3-11-25-19(27)23-24-20(25)29-17(13-7-5-4-6-8-13)18(26)22-14-9-10-16(28-2)15(21)12-14/h4-10,12,17H,3,11H2,1-2H3,(H,22,26)(H,23,27)/t17-/m0/s1. The van der Waals surface area contributed by atoms with Crippen LogP contribution in [0, 0.1) is 0 Å². The number of H-pyrrole nitrogens is 1. The van der Waals surface area contributed by atoms with Gasteiger partial charge in [0.2, 0.25) is 5.91 Å². The van der Waals surface area contributed by atoms with E-state index in [0.29, 0.717) is 28.2 Å². The van der Waals surface area contributed by atoms with E-state index in [1.807, 2.05) is 37.3 Å². The molecule has 0 saturated carbocycles. The van der Waals surface area contributed by atoms with Gasteiger partial charge in [0, 0.05) is 12.2 Å². The third kappa shape index (κ3) is 5.02. The van der Waals surface area contributed by atoms with Crippen LogP contribution in [-0.4, -0.2) is 27.8 Å². The van der Waals surface area contributed by atoms with Gasteiger partial charge in [0.05, 0.1) is 12.1 Å². The first kappa shape index (κ1) is 21.0. The Bertz CT molecular complexity index is 1040.